The lowest BCUT2D eigenvalue weighted by molar-refractivity contribution is 0.337. The highest BCUT2D eigenvalue weighted by Crippen LogP contribution is 2.46. The number of fused-ring (bicyclic) bond motifs is 1. The maximum atomic E-state index is 13.3. The van der Waals surface area contributed by atoms with Crippen molar-refractivity contribution in [3.05, 3.63) is 65.2 Å². The Labute approximate surface area is 117 Å². The maximum absolute atomic E-state index is 13.3. The lowest BCUT2D eigenvalue weighted by atomic mass is 9.85. The fraction of sp³-hybridized carbons (Fsp3) is 0.294. The second kappa shape index (κ2) is 4.58. The molecule has 0 radical (unpaired) electrons. The monoisotopic (exact) mass is 273 g/mol. The predicted molar refractivity (Wildman–Crippen MR) is 76.6 cm³/mol. The molecule has 1 aliphatic carbocycles. The van der Waals surface area contributed by atoms with Crippen LogP contribution in [0.2, 0.25) is 0 Å². The van der Waals surface area contributed by atoms with Gasteiger partial charge < -0.3 is 5.32 Å². The Morgan fingerprint density at radius 1 is 1.05 bits per heavy atom. The van der Waals surface area contributed by atoms with Crippen LogP contribution in [0.15, 0.2) is 42.5 Å². The van der Waals surface area contributed by atoms with Gasteiger partial charge in [-0.2, -0.15) is 0 Å². The molecule has 1 aliphatic rings. The van der Waals surface area contributed by atoms with Gasteiger partial charge in [-0.15, -0.1) is 0 Å². The average Bonchev–Trinajstić information content (AvgIpc) is 2.65. The molecule has 0 saturated carbocycles. The molecule has 20 heavy (non-hydrogen) atoms. The molecule has 1 unspecified atom stereocenters. The summed E-state index contributed by atoms with van der Waals surface area (Å²) in [5, 5.41) is 3.35. The summed E-state index contributed by atoms with van der Waals surface area (Å²) in [6, 6.07) is 12.3. The van der Waals surface area contributed by atoms with E-state index in [1.165, 1.54) is 17.2 Å². The highest BCUT2D eigenvalue weighted by atomic mass is 19.2. The van der Waals surface area contributed by atoms with Crippen molar-refractivity contribution in [1.82, 2.24) is 0 Å². The molecule has 1 N–H and O–H groups in total. The van der Waals surface area contributed by atoms with Gasteiger partial charge in [0.25, 0.3) is 0 Å². The van der Waals surface area contributed by atoms with E-state index in [1.54, 1.807) is 6.07 Å². The number of benzene rings is 2. The van der Waals surface area contributed by atoms with E-state index in [9.17, 15) is 8.78 Å². The van der Waals surface area contributed by atoms with Gasteiger partial charge in [-0.1, -0.05) is 38.1 Å². The molecule has 3 heteroatoms. The van der Waals surface area contributed by atoms with Crippen LogP contribution in [0.4, 0.5) is 14.5 Å². The zero-order valence-electron chi connectivity index (χ0n) is 11.6. The van der Waals surface area contributed by atoms with Crippen molar-refractivity contribution in [2.45, 2.75) is 26.3 Å². The first-order valence-corrected chi connectivity index (χ1v) is 6.77. The van der Waals surface area contributed by atoms with Crippen LogP contribution in [0, 0.1) is 17.0 Å². The number of nitrogens with one attached hydrogen (secondary N) is 1. The molecule has 0 heterocycles. The van der Waals surface area contributed by atoms with Gasteiger partial charge in [-0.25, -0.2) is 8.78 Å². The minimum atomic E-state index is -0.820. The quantitative estimate of drug-likeness (QED) is 0.836. The van der Waals surface area contributed by atoms with Gasteiger partial charge in [-0.05, 0) is 35.1 Å². The summed E-state index contributed by atoms with van der Waals surface area (Å²) in [5.41, 5.74) is 3.20. The lowest BCUT2D eigenvalue weighted by Crippen LogP contribution is -2.24. The molecular formula is C17H17F2N. The Morgan fingerprint density at radius 2 is 1.80 bits per heavy atom. The zero-order chi connectivity index (χ0) is 14.3. The lowest BCUT2D eigenvalue weighted by Gasteiger charge is -2.29. The SMILES string of the molecule is CC1(C)Cc2ccccc2C1Nc1ccc(F)c(F)c1. The first-order valence-electron chi connectivity index (χ1n) is 6.77. The summed E-state index contributed by atoms with van der Waals surface area (Å²) in [4.78, 5) is 0. The van der Waals surface area contributed by atoms with Crippen LogP contribution in [0.5, 0.6) is 0 Å². The van der Waals surface area contributed by atoms with Crippen LogP contribution < -0.4 is 5.32 Å². The molecule has 0 aliphatic heterocycles. The van der Waals surface area contributed by atoms with Gasteiger partial charge in [0, 0.05) is 11.8 Å². The minimum absolute atomic E-state index is 0.0363. The van der Waals surface area contributed by atoms with Crippen molar-refractivity contribution in [2.75, 3.05) is 5.32 Å². The van der Waals surface area contributed by atoms with Crippen LogP contribution in [-0.2, 0) is 6.42 Å². The molecule has 1 atom stereocenters. The maximum Gasteiger partial charge on any atom is 0.160 e. The molecule has 0 amide bonds. The minimum Gasteiger partial charge on any atom is -0.378 e. The van der Waals surface area contributed by atoms with Crippen molar-refractivity contribution in [3.63, 3.8) is 0 Å². The van der Waals surface area contributed by atoms with E-state index in [0.29, 0.717) is 5.69 Å². The van der Waals surface area contributed by atoms with Crippen LogP contribution in [0.1, 0.15) is 31.0 Å². The third kappa shape index (κ3) is 2.17. The summed E-state index contributed by atoms with van der Waals surface area (Å²) >= 11 is 0. The fourth-order valence-electron chi connectivity index (χ4n) is 3.02. The molecule has 2 aromatic rings. The number of anilines is 1. The molecular weight excluding hydrogens is 256 g/mol. The van der Waals surface area contributed by atoms with Gasteiger partial charge in [-0.3, -0.25) is 0 Å². The van der Waals surface area contributed by atoms with E-state index in [2.05, 4.69) is 31.3 Å². The standard InChI is InChI=1S/C17H17F2N/c1-17(2)10-11-5-3-4-6-13(11)16(17)20-12-7-8-14(18)15(19)9-12/h3-9,16,20H,10H2,1-2H3. The largest absolute Gasteiger partial charge is 0.378 e. The fourth-order valence-corrected chi connectivity index (χ4v) is 3.02. The second-order valence-corrected chi connectivity index (χ2v) is 6.07. The van der Waals surface area contributed by atoms with Crippen molar-refractivity contribution in [3.8, 4) is 0 Å². The molecule has 0 bridgehead atoms. The van der Waals surface area contributed by atoms with Gasteiger partial charge in [0.05, 0.1) is 6.04 Å². The summed E-state index contributed by atoms with van der Waals surface area (Å²) in [6.45, 7) is 4.37. The van der Waals surface area contributed by atoms with E-state index < -0.39 is 11.6 Å². The van der Waals surface area contributed by atoms with Crippen LogP contribution in [0.25, 0.3) is 0 Å². The second-order valence-electron chi connectivity index (χ2n) is 6.07. The average molecular weight is 273 g/mol. The Hall–Kier alpha value is -1.90. The Bertz CT molecular complexity index is 649. The van der Waals surface area contributed by atoms with Crippen molar-refractivity contribution in [1.29, 1.82) is 0 Å². The van der Waals surface area contributed by atoms with E-state index in [4.69, 9.17) is 0 Å². The molecule has 0 aromatic heterocycles. The molecule has 1 nitrogen and oxygen atoms in total. The van der Waals surface area contributed by atoms with Crippen molar-refractivity contribution >= 4 is 5.69 Å². The molecule has 2 aromatic carbocycles. The van der Waals surface area contributed by atoms with Crippen LogP contribution in [0.3, 0.4) is 0 Å². The van der Waals surface area contributed by atoms with Gasteiger partial charge in [0.2, 0.25) is 0 Å². The van der Waals surface area contributed by atoms with Gasteiger partial charge in [0.15, 0.2) is 11.6 Å². The zero-order valence-corrected chi connectivity index (χ0v) is 11.6. The summed E-state index contributed by atoms with van der Waals surface area (Å²) in [5.74, 6) is -1.64. The van der Waals surface area contributed by atoms with Gasteiger partial charge >= 0.3 is 0 Å². The number of hydrogen-bond donors (Lipinski definition) is 1. The first kappa shape index (κ1) is 13.1. The summed E-state index contributed by atoms with van der Waals surface area (Å²) < 4.78 is 26.3. The smallest absolute Gasteiger partial charge is 0.160 e. The molecule has 104 valence electrons. The summed E-state index contributed by atoms with van der Waals surface area (Å²) in [7, 11) is 0. The van der Waals surface area contributed by atoms with E-state index in [0.717, 1.165) is 12.5 Å². The highest BCUT2D eigenvalue weighted by molar-refractivity contribution is 5.50. The van der Waals surface area contributed by atoms with Crippen molar-refractivity contribution in [2.24, 2.45) is 5.41 Å². The third-order valence-corrected chi connectivity index (χ3v) is 4.02. The number of rotatable bonds is 2. The highest BCUT2D eigenvalue weighted by Gasteiger charge is 2.38. The van der Waals surface area contributed by atoms with Crippen LogP contribution >= 0.6 is 0 Å². The summed E-state index contributed by atoms with van der Waals surface area (Å²) in [6.07, 6.45) is 0.977. The Balaban J connectivity index is 1.94. The van der Waals surface area contributed by atoms with Gasteiger partial charge in [0.1, 0.15) is 0 Å². The van der Waals surface area contributed by atoms with E-state index in [-0.39, 0.29) is 11.5 Å². The Morgan fingerprint density at radius 3 is 2.55 bits per heavy atom. The third-order valence-electron chi connectivity index (χ3n) is 4.02. The predicted octanol–water partition coefficient (Wildman–Crippen LogP) is 4.70. The Kier molecular flexibility index (Phi) is 3.00. The molecule has 0 spiro atoms. The van der Waals surface area contributed by atoms with E-state index in [1.807, 2.05) is 12.1 Å². The molecule has 0 saturated heterocycles. The first-order chi connectivity index (χ1) is 9.47. The topological polar surface area (TPSA) is 12.0 Å². The normalized spacial score (nSPS) is 19.7. The van der Waals surface area contributed by atoms with E-state index >= 15 is 0 Å². The molecule has 3 rings (SSSR count). The van der Waals surface area contributed by atoms with Crippen molar-refractivity contribution < 1.29 is 8.78 Å². The number of halogens is 2. The number of hydrogen-bond acceptors (Lipinski definition) is 1. The van der Waals surface area contributed by atoms with Crippen LogP contribution in [-0.4, -0.2) is 0 Å². The molecule has 0 fully saturated rings.